The maximum Gasteiger partial charge on any atom is 0.225 e. The first kappa shape index (κ1) is 19.0. The number of halogens is 1. The molecule has 1 aromatic carbocycles. The molecule has 0 aliphatic heterocycles. The molecule has 0 aliphatic rings. The van der Waals surface area contributed by atoms with Crippen molar-refractivity contribution in [2.45, 2.75) is 11.3 Å². The van der Waals surface area contributed by atoms with Crippen molar-refractivity contribution < 1.29 is 22.7 Å². The number of pyridine rings is 1. The highest BCUT2D eigenvalue weighted by Crippen LogP contribution is 2.27. The smallest absolute Gasteiger partial charge is 0.225 e. The maximum absolute atomic E-state index is 12.3. The molecule has 0 aliphatic carbocycles. The highest BCUT2D eigenvalue weighted by molar-refractivity contribution is 7.91. The average molecular weight is 385 g/mol. The number of ether oxygens (including phenoxy) is 2. The van der Waals surface area contributed by atoms with Gasteiger partial charge in [-0.15, -0.1) is 0 Å². The zero-order valence-corrected chi connectivity index (χ0v) is 15.2. The summed E-state index contributed by atoms with van der Waals surface area (Å²) in [6, 6.07) is 7.37. The van der Waals surface area contributed by atoms with Crippen molar-refractivity contribution in [1.29, 1.82) is 0 Å². The van der Waals surface area contributed by atoms with Crippen LogP contribution in [0.25, 0.3) is 0 Å². The minimum Gasteiger partial charge on any atom is -0.495 e. The first-order valence-corrected chi connectivity index (χ1v) is 9.25. The molecule has 0 saturated carbocycles. The average Bonchev–Trinajstić information content (AvgIpc) is 2.60. The Morgan fingerprint density at radius 1 is 1.20 bits per heavy atom. The summed E-state index contributed by atoms with van der Waals surface area (Å²) in [5, 5.41) is 2.77. The van der Waals surface area contributed by atoms with E-state index in [0.29, 0.717) is 17.3 Å². The van der Waals surface area contributed by atoms with Gasteiger partial charge in [0.15, 0.2) is 9.84 Å². The molecule has 0 saturated heterocycles. The maximum atomic E-state index is 12.3. The van der Waals surface area contributed by atoms with Crippen LogP contribution in [0.2, 0.25) is 5.02 Å². The van der Waals surface area contributed by atoms with Gasteiger partial charge in [-0.1, -0.05) is 11.6 Å². The molecule has 0 unspecified atom stereocenters. The molecule has 0 bridgehead atoms. The summed E-state index contributed by atoms with van der Waals surface area (Å²) in [6.45, 7) is 0. The van der Waals surface area contributed by atoms with Gasteiger partial charge in [0.25, 0.3) is 0 Å². The minimum absolute atomic E-state index is 0.0391. The normalized spacial score (nSPS) is 11.0. The van der Waals surface area contributed by atoms with E-state index in [9.17, 15) is 13.2 Å². The number of sulfone groups is 1. The zero-order chi connectivity index (χ0) is 18.4. The fourth-order valence-electron chi connectivity index (χ4n) is 1.98. The molecule has 134 valence electrons. The lowest BCUT2D eigenvalue weighted by Crippen LogP contribution is -2.17. The van der Waals surface area contributed by atoms with E-state index in [4.69, 9.17) is 21.1 Å². The van der Waals surface area contributed by atoms with Crippen LogP contribution in [0.4, 0.5) is 5.69 Å². The van der Waals surface area contributed by atoms with Gasteiger partial charge in [-0.25, -0.2) is 13.4 Å². The summed E-state index contributed by atoms with van der Waals surface area (Å²) in [5.74, 6) is 0.0166. The van der Waals surface area contributed by atoms with Gasteiger partial charge in [-0.05, 0) is 24.3 Å². The van der Waals surface area contributed by atoms with E-state index in [1.165, 1.54) is 38.6 Å². The number of nitrogens with one attached hydrogen (secondary N) is 1. The van der Waals surface area contributed by atoms with E-state index in [1.54, 1.807) is 12.1 Å². The van der Waals surface area contributed by atoms with Crippen LogP contribution in [0.3, 0.4) is 0 Å². The minimum atomic E-state index is -3.64. The molecule has 2 rings (SSSR count). The number of anilines is 1. The van der Waals surface area contributed by atoms with Crippen molar-refractivity contribution in [3.05, 3.63) is 41.6 Å². The summed E-state index contributed by atoms with van der Waals surface area (Å²) >= 11 is 5.94. The molecular formula is C16H17ClN2O5S. The Balaban J connectivity index is 1.98. The number of hydrogen-bond donors (Lipinski definition) is 1. The van der Waals surface area contributed by atoms with E-state index >= 15 is 0 Å². The Morgan fingerprint density at radius 2 is 1.96 bits per heavy atom. The standard InChI is InChI=1S/C16H17ClN2O5S/c1-23-14-5-4-12(9-13(14)17)25(21,22)8-7-15(20)19-11-3-6-16(24-2)18-10-11/h3-6,9-10H,7-8H2,1-2H3,(H,19,20). The van der Waals surface area contributed by atoms with E-state index in [2.05, 4.69) is 10.3 Å². The molecule has 2 aromatic rings. The fraction of sp³-hybridized carbons (Fsp3) is 0.250. The number of aromatic nitrogens is 1. The number of benzene rings is 1. The van der Waals surface area contributed by atoms with Crippen molar-refractivity contribution in [2.24, 2.45) is 0 Å². The zero-order valence-electron chi connectivity index (χ0n) is 13.7. The molecule has 0 atom stereocenters. The largest absolute Gasteiger partial charge is 0.495 e. The number of methoxy groups -OCH3 is 2. The Bertz CT molecular complexity index is 853. The van der Waals surface area contributed by atoms with Crippen molar-refractivity contribution in [3.63, 3.8) is 0 Å². The first-order valence-electron chi connectivity index (χ1n) is 7.22. The Kier molecular flexibility index (Phi) is 6.22. The second-order valence-electron chi connectivity index (χ2n) is 5.00. The quantitative estimate of drug-likeness (QED) is 0.788. The van der Waals surface area contributed by atoms with Crippen LogP contribution in [-0.4, -0.2) is 39.3 Å². The third kappa shape index (κ3) is 5.07. The SMILES string of the molecule is COc1ccc(NC(=O)CCS(=O)(=O)c2ccc(OC)c(Cl)c2)cn1. The fourth-order valence-corrected chi connectivity index (χ4v) is 3.57. The summed E-state index contributed by atoms with van der Waals surface area (Å²) in [4.78, 5) is 15.9. The van der Waals surface area contributed by atoms with Crippen LogP contribution in [0, 0.1) is 0 Å². The lowest BCUT2D eigenvalue weighted by molar-refractivity contribution is -0.115. The summed E-state index contributed by atoms with van der Waals surface area (Å²) in [7, 11) is -0.721. The van der Waals surface area contributed by atoms with Crippen molar-refractivity contribution >= 4 is 33.0 Å². The number of rotatable bonds is 7. The summed E-state index contributed by atoms with van der Waals surface area (Å²) in [6.07, 6.45) is 1.23. The molecule has 25 heavy (non-hydrogen) atoms. The van der Waals surface area contributed by atoms with Crippen LogP contribution in [-0.2, 0) is 14.6 Å². The van der Waals surface area contributed by atoms with E-state index < -0.39 is 15.7 Å². The monoisotopic (exact) mass is 384 g/mol. The number of carbonyl (C=O) groups excluding carboxylic acids is 1. The molecule has 0 fully saturated rings. The molecule has 1 N–H and O–H groups in total. The van der Waals surface area contributed by atoms with Crippen LogP contribution >= 0.6 is 11.6 Å². The lowest BCUT2D eigenvalue weighted by atomic mass is 10.3. The molecule has 1 heterocycles. The molecule has 0 radical (unpaired) electrons. The predicted octanol–water partition coefficient (Wildman–Crippen LogP) is 2.55. The molecule has 7 nitrogen and oxygen atoms in total. The van der Waals surface area contributed by atoms with Crippen molar-refractivity contribution in [2.75, 3.05) is 25.3 Å². The first-order chi connectivity index (χ1) is 11.9. The number of nitrogens with zero attached hydrogens (tertiary/aromatic N) is 1. The molecule has 9 heteroatoms. The van der Waals surface area contributed by atoms with E-state index in [-0.39, 0.29) is 22.1 Å². The highest BCUT2D eigenvalue weighted by Gasteiger charge is 2.18. The second-order valence-corrected chi connectivity index (χ2v) is 7.52. The van der Waals surface area contributed by atoms with Crippen LogP contribution in [0.15, 0.2) is 41.4 Å². The van der Waals surface area contributed by atoms with E-state index in [1.807, 2.05) is 0 Å². The third-order valence-corrected chi connectivity index (χ3v) is 5.32. The van der Waals surface area contributed by atoms with E-state index in [0.717, 1.165) is 0 Å². The molecule has 1 aromatic heterocycles. The van der Waals surface area contributed by atoms with Crippen LogP contribution < -0.4 is 14.8 Å². The van der Waals surface area contributed by atoms with Crippen LogP contribution in [0.5, 0.6) is 11.6 Å². The Morgan fingerprint density at radius 3 is 2.52 bits per heavy atom. The summed E-state index contributed by atoms with van der Waals surface area (Å²) in [5.41, 5.74) is 0.454. The number of hydrogen-bond acceptors (Lipinski definition) is 6. The Labute approximate surface area is 150 Å². The molecule has 1 amide bonds. The number of amides is 1. The van der Waals surface area contributed by atoms with Gasteiger partial charge < -0.3 is 14.8 Å². The van der Waals surface area contributed by atoms with Gasteiger partial charge >= 0.3 is 0 Å². The van der Waals surface area contributed by atoms with Gasteiger partial charge in [0.1, 0.15) is 5.75 Å². The Hall–Kier alpha value is -2.32. The lowest BCUT2D eigenvalue weighted by Gasteiger charge is -2.08. The third-order valence-electron chi connectivity index (χ3n) is 3.31. The van der Waals surface area contributed by atoms with Gasteiger partial charge in [-0.2, -0.15) is 0 Å². The predicted molar refractivity (Wildman–Crippen MR) is 94.1 cm³/mol. The van der Waals surface area contributed by atoms with Gasteiger partial charge in [-0.3, -0.25) is 4.79 Å². The molecular weight excluding hydrogens is 368 g/mol. The van der Waals surface area contributed by atoms with Crippen molar-refractivity contribution in [3.8, 4) is 11.6 Å². The van der Waals surface area contributed by atoms with Crippen LogP contribution in [0.1, 0.15) is 6.42 Å². The van der Waals surface area contributed by atoms with Gasteiger partial charge in [0.2, 0.25) is 11.8 Å². The molecule has 0 spiro atoms. The van der Waals surface area contributed by atoms with Crippen molar-refractivity contribution in [1.82, 2.24) is 4.98 Å². The van der Waals surface area contributed by atoms with Gasteiger partial charge in [0, 0.05) is 12.5 Å². The topological polar surface area (TPSA) is 94.6 Å². The summed E-state index contributed by atoms with van der Waals surface area (Å²) < 4.78 is 34.5. The number of carbonyl (C=O) groups is 1. The van der Waals surface area contributed by atoms with Gasteiger partial charge in [0.05, 0.1) is 41.8 Å². The highest BCUT2D eigenvalue weighted by atomic mass is 35.5. The second kappa shape index (κ2) is 8.17.